The highest BCUT2D eigenvalue weighted by Crippen LogP contribution is 2.24. The number of aryl methyl sites for hydroxylation is 2. The summed E-state index contributed by atoms with van der Waals surface area (Å²) in [4.78, 5) is 8.29. The van der Waals surface area contributed by atoms with E-state index in [9.17, 15) is 17.6 Å². The lowest BCUT2D eigenvalue weighted by Gasteiger charge is -2.17. The van der Waals surface area contributed by atoms with Gasteiger partial charge in [-0.3, -0.25) is 0 Å². The third-order valence-corrected chi connectivity index (χ3v) is 3.06. The third-order valence-electron chi connectivity index (χ3n) is 3.06. The van der Waals surface area contributed by atoms with Crippen LogP contribution < -0.4 is 5.73 Å². The van der Waals surface area contributed by atoms with Gasteiger partial charge in [0.05, 0.1) is 0 Å². The molecule has 8 heteroatoms. The number of nitrogens with zero attached hydrogens (tertiary/aromatic N) is 2. The van der Waals surface area contributed by atoms with Gasteiger partial charge < -0.3 is 10.5 Å². The highest BCUT2D eigenvalue weighted by atomic mass is 19.3. The highest BCUT2D eigenvalue weighted by Gasteiger charge is 2.41. The van der Waals surface area contributed by atoms with Gasteiger partial charge in [-0.15, -0.1) is 0 Å². The van der Waals surface area contributed by atoms with E-state index in [0.29, 0.717) is 17.9 Å². The van der Waals surface area contributed by atoms with Crippen LogP contribution in [0.2, 0.25) is 0 Å². The Kier molecular flexibility index (Phi) is 6.03. The summed E-state index contributed by atoms with van der Waals surface area (Å²) in [6, 6.07) is 0. The van der Waals surface area contributed by atoms with Crippen molar-refractivity contribution in [3.8, 4) is 0 Å². The molecule has 0 radical (unpaired) electrons. The Labute approximate surface area is 120 Å². The summed E-state index contributed by atoms with van der Waals surface area (Å²) in [5.41, 5.74) is 7.86. The minimum Gasteiger partial charge on any atom is -0.367 e. The normalized spacial score (nSPS) is 13.8. The first-order chi connectivity index (χ1) is 9.69. The Balaban J connectivity index is 2.74. The molecular formula is C13H19F4N3O. The molecule has 120 valence electrons. The van der Waals surface area contributed by atoms with Crippen LogP contribution >= 0.6 is 0 Å². The van der Waals surface area contributed by atoms with Crippen molar-refractivity contribution in [1.82, 2.24) is 9.97 Å². The second kappa shape index (κ2) is 7.13. The van der Waals surface area contributed by atoms with Crippen LogP contribution in [0.25, 0.3) is 0 Å². The van der Waals surface area contributed by atoms with E-state index >= 15 is 0 Å². The van der Waals surface area contributed by atoms with Gasteiger partial charge in [0.2, 0.25) is 0 Å². The van der Waals surface area contributed by atoms with Crippen LogP contribution in [0.4, 0.5) is 17.6 Å². The van der Waals surface area contributed by atoms with Gasteiger partial charge in [-0.25, -0.2) is 18.7 Å². The van der Waals surface area contributed by atoms with Gasteiger partial charge in [-0.2, -0.15) is 8.78 Å². The quantitative estimate of drug-likeness (QED) is 0.786. The molecule has 1 rings (SSSR count). The van der Waals surface area contributed by atoms with Crippen LogP contribution in [-0.2, 0) is 11.3 Å². The molecule has 0 aliphatic carbocycles. The minimum atomic E-state index is -4.17. The van der Waals surface area contributed by atoms with E-state index in [1.54, 1.807) is 13.8 Å². The Morgan fingerprint density at radius 3 is 2.14 bits per heavy atom. The van der Waals surface area contributed by atoms with Gasteiger partial charge in [0.1, 0.15) is 13.2 Å². The van der Waals surface area contributed by atoms with E-state index in [2.05, 4.69) is 14.7 Å². The van der Waals surface area contributed by atoms with Gasteiger partial charge in [-0.1, -0.05) is 6.92 Å². The zero-order valence-electron chi connectivity index (χ0n) is 12.2. The summed E-state index contributed by atoms with van der Waals surface area (Å²) in [6.45, 7) is 4.16. The fraction of sp³-hybridized carbons (Fsp3) is 0.692. The Hall–Kier alpha value is -1.28. The molecule has 2 N–H and O–H groups in total. The van der Waals surface area contributed by atoms with Crippen molar-refractivity contribution >= 4 is 0 Å². The molecule has 0 aliphatic rings. The number of nitrogens with two attached hydrogens (primary N) is 1. The number of rotatable bonds is 7. The van der Waals surface area contributed by atoms with Crippen LogP contribution in [0.3, 0.4) is 0 Å². The average molecular weight is 309 g/mol. The number of hydrogen-bond acceptors (Lipinski definition) is 4. The van der Waals surface area contributed by atoms with E-state index in [-0.39, 0.29) is 18.3 Å². The number of hydrogen-bond donors (Lipinski definition) is 1. The molecule has 0 saturated heterocycles. The number of halogens is 4. The molecule has 0 aromatic carbocycles. The molecule has 0 bridgehead atoms. The lowest BCUT2D eigenvalue weighted by atomic mass is 9.98. The lowest BCUT2D eigenvalue weighted by Crippen LogP contribution is -2.32. The first-order valence-electron chi connectivity index (χ1n) is 6.46. The molecule has 0 fully saturated rings. The van der Waals surface area contributed by atoms with Gasteiger partial charge in [-0.05, 0) is 31.9 Å². The van der Waals surface area contributed by atoms with Crippen molar-refractivity contribution in [2.45, 2.75) is 45.6 Å². The summed E-state index contributed by atoms with van der Waals surface area (Å²) in [5.74, 6) is -3.91. The SMILES string of the molecule is Cc1nc(COCC(F)(F)C(F)F)nc(C)c1C(C)CN. The maximum absolute atomic E-state index is 12.7. The van der Waals surface area contributed by atoms with Crippen LogP contribution in [-0.4, -0.2) is 35.5 Å². The molecule has 1 aromatic heterocycles. The fourth-order valence-electron chi connectivity index (χ4n) is 2.03. The summed E-state index contributed by atoms with van der Waals surface area (Å²) in [7, 11) is 0. The maximum atomic E-state index is 12.7. The minimum absolute atomic E-state index is 0.0723. The second-order valence-electron chi connectivity index (χ2n) is 4.92. The number of alkyl halides is 4. The first kappa shape index (κ1) is 17.8. The van der Waals surface area contributed by atoms with Crippen molar-refractivity contribution in [3.05, 3.63) is 22.8 Å². The Bertz CT molecular complexity index is 459. The summed E-state index contributed by atoms with van der Waals surface area (Å²) < 4.78 is 53.9. The molecule has 0 amide bonds. The standard InChI is InChI=1S/C13H19F4N3O/c1-7(4-18)11-8(2)19-10(20-9(11)3)5-21-6-13(16,17)12(14)15/h7,12H,4-6,18H2,1-3H3. The monoisotopic (exact) mass is 309 g/mol. The smallest absolute Gasteiger partial charge is 0.330 e. The summed E-state index contributed by atoms with van der Waals surface area (Å²) >= 11 is 0. The molecule has 1 aromatic rings. The number of ether oxygens (including phenoxy) is 1. The molecule has 1 heterocycles. The van der Waals surface area contributed by atoms with Gasteiger partial charge in [0, 0.05) is 11.4 Å². The first-order valence-corrected chi connectivity index (χ1v) is 6.46. The van der Waals surface area contributed by atoms with Gasteiger partial charge in [0.15, 0.2) is 5.82 Å². The Morgan fingerprint density at radius 1 is 1.19 bits per heavy atom. The van der Waals surface area contributed by atoms with Crippen LogP contribution in [0, 0.1) is 13.8 Å². The zero-order chi connectivity index (χ0) is 16.2. The van der Waals surface area contributed by atoms with E-state index in [0.717, 1.165) is 5.56 Å². The molecule has 21 heavy (non-hydrogen) atoms. The third kappa shape index (κ3) is 4.60. The van der Waals surface area contributed by atoms with Crippen LogP contribution in [0.15, 0.2) is 0 Å². The van der Waals surface area contributed by atoms with E-state index < -0.39 is 19.0 Å². The van der Waals surface area contributed by atoms with E-state index in [1.807, 2.05) is 6.92 Å². The molecule has 4 nitrogen and oxygen atoms in total. The summed E-state index contributed by atoms with van der Waals surface area (Å²) in [5, 5.41) is 0. The van der Waals surface area contributed by atoms with E-state index in [1.165, 1.54) is 0 Å². The molecule has 1 atom stereocenters. The lowest BCUT2D eigenvalue weighted by molar-refractivity contribution is -0.168. The Morgan fingerprint density at radius 2 is 1.71 bits per heavy atom. The zero-order valence-corrected chi connectivity index (χ0v) is 12.2. The highest BCUT2D eigenvalue weighted by molar-refractivity contribution is 5.28. The van der Waals surface area contributed by atoms with Crippen molar-refractivity contribution in [3.63, 3.8) is 0 Å². The molecule has 0 spiro atoms. The number of aromatic nitrogens is 2. The summed E-state index contributed by atoms with van der Waals surface area (Å²) in [6.07, 6.45) is -3.75. The average Bonchev–Trinajstić information content (AvgIpc) is 2.37. The van der Waals surface area contributed by atoms with Crippen molar-refractivity contribution in [1.29, 1.82) is 0 Å². The van der Waals surface area contributed by atoms with Crippen LogP contribution in [0.1, 0.15) is 35.6 Å². The van der Waals surface area contributed by atoms with Gasteiger partial charge >= 0.3 is 12.3 Å². The second-order valence-corrected chi connectivity index (χ2v) is 4.92. The molecule has 1 unspecified atom stereocenters. The molecule has 0 aliphatic heterocycles. The largest absolute Gasteiger partial charge is 0.367 e. The fourth-order valence-corrected chi connectivity index (χ4v) is 2.03. The van der Waals surface area contributed by atoms with Crippen LogP contribution in [0.5, 0.6) is 0 Å². The predicted molar refractivity (Wildman–Crippen MR) is 69.6 cm³/mol. The maximum Gasteiger partial charge on any atom is 0.330 e. The molecule has 0 saturated carbocycles. The van der Waals surface area contributed by atoms with Crippen molar-refractivity contribution in [2.24, 2.45) is 5.73 Å². The van der Waals surface area contributed by atoms with Gasteiger partial charge in [0.25, 0.3) is 0 Å². The topological polar surface area (TPSA) is 61.0 Å². The van der Waals surface area contributed by atoms with E-state index in [4.69, 9.17) is 5.73 Å². The predicted octanol–water partition coefficient (Wildman–Crippen LogP) is 2.57. The van der Waals surface area contributed by atoms with Crippen molar-refractivity contribution in [2.75, 3.05) is 13.2 Å². The molecular weight excluding hydrogens is 290 g/mol. The van der Waals surface area contributed by atoms with Crippen molar-refractivity contribution < 1.29 is 22.3 Å².